The molecule has 1 aliphatic heterocycles. The van der Waals surface area contributed by atoms with Crippen LogP contribution in [0.1, 0.15) is 21.6 Å². The maximum atomic E-state index is 13.8. The van der Waals surface area contributed by atoms with Crippen LogP contribution in [0.3, 0.4) is 0 Å². The van der Waals surface area contributed by atoms with Crippen LogP contribution in [-0.2, 0) is 16.1 Å². The highest BCUT2D eigenvalue weighted by atomic mass is 19.1. The van der Waals surface area contributed by atoms with Gasteiger partial charge in [0.1, 0.15) is 11.6 Å². The van der Waals surface area contributed by atoms with Gasteiger partial charge in [-0.25, -0.2) is 13.6 Å². The number of benzene rings is 2. The third-order valence-electron chi connectivity index (χ3n) is 5.59. The molecule has 1 fully saturated rings. The van der Waals surface area contributed by atoms with Crippen molar-refractivity contribution < 1.29 is 23.1 Å². The number of carbonyl (C=O) groups excluding carboxylic acids is 2. The van der Waals surface area contributed by atoms with Gasteiger partial charge in [-0.1, -0.05) is 18.2 Å². The zero-order valence-corrected chi connectivity index (χ0v) is 17.7. The largest absolute Gasteiger partial charge is 0.452 e. The van der Waals surface area contributed by atoms with E-state index in [9.17, 15) is 18.4 Å². The first kappa shape index (κ1) is 21.8. The van der Waals surface area contributed by atoms with Crippen molar-refractivity contribution >= 4 is 22.8 Å². The molecule has 166 valence electrons. The molecule has 1 amide bonds. The summed E-state index contributed by atoms with van der Waals surface area (Å²) in [5.74, 6) is -1.56. The van der Waals surface area contributed by atoms with Crippen molar-refractivity contribution in [3.05, 3.63) is 77.0 Å². The predicted molar refractivity (Wildman–Crippen MR) is 115 cm³/mol. The second-order valence-electron chi connectivity index (χ2n) is 7.78. The fourth-order valence-corrected chi connectivity index (χ4v) is 3.76. The monoisotopic (exact) mass is 439 g/mol. The Balaban J connectivity index is 1.30. The second kappa shape index (κ2) is 9.40. The van der Waals surface area contributed by atoms with Gasteiger partial charge in [-0.2, -0.15) is 0 Å². The van der Waals surface area contributed by atoms with Crippen LogP contribution in [0.2, 0.25) is 0 Å². The quantitative estimate of drug-likeness (QED) is 0.571. The van der Waals surface area contributed by atoms with E-state index in [0.717, 1.165) is 0 Å². The van der Waals surface area contributed by atoms with E-state index < -0.39 is 11.8 Å². The Bertz CT molecular complexity index is 1160. The number of aromatic nitrogens is 1. The van der Waals surface area contributed by atoms with Gasteiger partial charge in [-0.05, 0) is 31.2 Å². The summed E-state index contributed by atoms with van der Waals surface area (Å²) in [7, 11) is 0. The number of fused-ring (bicyclic) bond motifs is 1. The average Bonchev–Trinajstić information content (AvgIpc) is 2.78. The Kier molecular flexibility index (Phi) is 6.41. The maximum absolute atomic E-state index is 13.8. The SMILES string of the molecule is Cc1nc2cc(F)ccc2cc1C(=O)OCC(=O)N1CCN(Cc2ccccc2F)CC1. The lowest BCUT2D eigenvalue weighted by Gasteiger charge is -2.34. The molecule has 8 heteroatoms. The number of hydrogen-bond acceptors (Lipinski definition) is 5. The zero-order chi connectivity index (χ0) is 22.7. The molecule has 32 heavy (non-hydrogen) atoms. The van der Waals surface area contributed by atoms with Crippen molar-refractivity contribution in [2.24, 2.45) is 0 Å². The van der Waals surface area contributed by atoms with Gasteiger partial charge in [0.05, 0.1) is 16.8 Å². The molecule has 0 aliphatic carbocycles. The number of esters is 1. The summed E-state index contributed by atoms with van der Waals surface area (Å²) in [5.41, 5.74) is 1.72. The summed E-state index contributed by atoms with van der Waals surface area (Å²) in [6, 6.07) is 12.4. The maximum Gasteiger partial charge on any atom is 0.340 e. The van der Waals surface area contributed by atoms with E-state index in [1.807, 2.05) is 0 Å². The minimum Gasteiger partial charge on any atom is -0.452 e. The Hall–Kier alpha value is -3.39. The molecular weight excluding hydrogens is 416 g/mol. The Labute approximate surface area is 184 Å². The predicted octanol–water partition coefficient (Wildman–Crippen LogP) is 3.32. The number of ether oxygens (including phenoxy) is 1. The highest BCUT2D eigenvalue weighted by Crippen LogP contribution is 2.19. The lowest BCUT2D eigenvalue weighted by Crippen LogP contribution is -2.49. The summed E-state index contributed by atoms with van der Waals surface area (Å²) in [5, 5.41) is 0.612. The molecule has 0 atom stereocenters. The lowest BCUT2D eigenvalue weighted by atomic mass is 10.1. The first-order valence-electron chi connectivity index (χ1n) is 10.4. The highest BCUT2D eigenvalue weighted by Gasteiger charge is 2.23. The average molecular weight is 439 g/mol. The minimum absolute atomic E-state index is 0.235. The Morgan fingerprint density at radius 2 is 1.78 bits per heavy atom. The number of aryl methyl sites for hydroxylation is 1. The zero-order valence-electron chi connectivity index (χ0n) is 17.7. The van der Waals surface area contributed by atoms with Gasteiger partial charge in [0.15, 0.2) is 6.61 Å². The number of rotatable bonds is 5. The van der Waals surface area contributed by atoms with Crippen LogP contribution in [0.25, 0.3) is 10.9 Å². The topological polar surface area (TPSA) is 62.7 Å². The van der Waals surface area contributed by atoms with E-state index in [2.05, 4.69) is 9.88 Å². The number of halogens is 2. The first-order chi connectivity index (χ1) is 15.4. The van der Waals surface area contributed by atoms with Crippen LogP contribution < -0.4 is 0 Å². The summed E-state index contributed by atoms with van der Waals surface area (Å²) in [4.78, 5) is 33.0. The second-order valence-corrected chi connectivity index (χ2v) is 7.78. The third kappa shape index (κ3) is 4.91. The molecule has 0 bridgehead atoms. The van der Waals surface area contributed by atoms with Crippen LogP contribution in [0.4, 0.5) is 8.78 Å². The number of nitrogens with zero attached hydrogens (tertiary/aromatic N) is 3. The van der Waals surface area contributed by atoms with Gasteiger partial charge in [0, 0.05) is 49.7 Å². The van der Waals surface area contributed by atoms with Crippen LogP contribution in [0.15, 0.2) is 48.5 Å². The smallest absolute Gasteiger partial charge is 0.340 e. The number of hydrogen-bond donors (Lipinski definition) is 0. The molecule has 1 aliphatic rings. The molecule has 0 unspecified atom stereocenters. The van der Waals surface area contributed by atoms with Gasteiger partial charge >= 0.3 is 5.97 Å². The Morgan fingerprint density at radius 1 is 1.03 bits per heavy atom. The third-order valence-corrected chi connectivity index (χ3v) is 5.59. The molecule has 0 saturated carbocycles. The normalized spacial score (nSPS) is 14.5. The number of piperazine rings is 1. The van der Waals surface area contributed by atoms with Crippen LogP contribution in [0.5, 0.6) is 0 Å². The molecule has 6 nitrogen and oxygen atoms in total. The molecule has 0 N–H and O–H groups in total. The lowest BCUT2D eigenvalue weighted by molar-refractivity contribution is -0.136. The molecule has 1 saturated heterocycles. The summed E-state index contributed by atoms with van der Waals surface area (Å²) in [6.07, 6.45) is 0. The highest BCUT2D eigenvalue weighted by molar-refractivity contribution is 5.96. The van der Waals surface area contributed by atoms with E-state index in [4.69, 9.17) is 4.74 Å². The van der Waals surface area contributed by atoms with Crippen LogP contribution >= 0.6 is 0 Å². The standard InChI is InChI=1S/C24H23F2N3O3/c1-16-20(12-17-6-7-19(25)13-22(17)27-16)24(31)32-15-23(30)29-10-8-28(9-11-29)14-18-4-2-3-5-21(18)26/h2-7,12-13H,8-11,14-15H2,1H3. The van der Waals surface area contributed by atoms with Gasteiger partial charge < -0.3 is 9.64 Å². The molecule has 2 aromatic carbocycles. The van der Waals surface area contributed by atoms with Crippen molar-refractivity contribution in [1.29, 1.82) is 0 Å². The minimum atomic E-state index is -0.646. The van der Waals surface area contributed by atoms with Crippen molar-refractivity contribution in [1.82, 2.24) is 14.8 Å². The van der Waals surface area contributed by atoms with Gasteiger partial charge in [0.25, 0.3) is 5.91 Å². The summed E-state index contributed by atoms with van der Waals surface area (Å²) < 4.78 is 32.4. The Morgan fingerprint density at radius 3 is 2.53 bits per heavy atom. The van der Waals surface area contributed by atoms with E-state index in [1.54, 1.807) is 42.2 Å². The van der Waals surface area contributed by atoms with Gasteiger partial charge in [-0.3, -0.25) is 14.7 Å². The molecule has 3 aromatic rings. The van der Waals surface area contributed by atoms with E-state index in [1.165, 1.54) is 18.2 Å². The molecule has 1 aromatic heterocycles. The molecule has 4 rings (SSSR count). The van der Waals surface area contributed by atoms with Gasteiger partial charge in [-0.15, -0.1) is 0 Å². The van der Waals surface area contributed by atoms with Crippen molar-refractivity contribution in [2.45, 2.75) is 13.5 Å². The van der Waals surface area contributed by atoms with E-state index in [0.29, 0.717) is 54.9 Å². The van der Waals surface area contributed by atoms with Crippen LogP contribution in [-0.4, -0.2) is 59.4 Å². The number of pyridine rings is 1. The van der Waals surface area contributed by atoms with E-state index >= 15 is 0 Å². The molecule has 2 heterocycles. The first-order valence-corrected chi connectivity index (χ1v) is 10.4. The van der Waals surface area contributed by atoms with Gasteiger partial charge in [0.2, 0.25) is 0 Å². The van der Waals surface area contributed by atoms with Crippen molar-refractivity contribution in [3.8, 4) is 0 Å². The van der Waals surface area contributed by atoms with Crippen LogP contribution in [0, 0.1) is 18.6 Å². The number of amides is 1. The number of carbonyl (C=O) groups is 2. The molecular formula is C24H23F2N3O3. The fourth-order valence-electron chi connectivity index (χ4n) is 3.76. The fraction of sp³-hybridized carbons (Fsp3) is 0.292. The summed E-state index contributed by atoms with van der Waals surface area (Å²) >= 11 is 0. The van der Waals surface area contributed by atoms with Crippen molar-refractivity contribution in [3.63, 3.8) is 0 Å². The molecule has 0 radical (unpaired) electrons. The van der Waals surface area contributed by atoms with Crippen molar-refractivity contribution in [2.75, 3.05) is 32.8 Å². The summed E-state index contributed by atoms with van der Waals surface area (Å²) in [6.45, 7) is 3.93. The van der Waals surface area contributed by atoms with E-state index in [-0.39, 0.29) is 23.9 Å². The molecule has 0 spiro atoms.